The summed E-state index contributed by atoms with van der Waals surface area (Å²) in [6, 6.07) is 80.5. The van der Waals surface area contributed by atoms with Crippen LogP contribution >= 0.6 is 7.14 Å². The van der Waals surface area contributed by atoms with E-state index < -0.39 is 7.14 Å². The second-order valence-electron chi connectivity index (χ2n) is 16.4. The van der Waals surface area contributed by atoms with Gasteiger partial charge in [-0.3, -0.25) is 4.98 Å². The molecule has 12 aromatic rings. The Bertz CT molecular complexity index is 3750. The molecule has 3 nitrogen and oxygen atoms in total. The lowest BCUT2D eigenvalue weighted by molar-refractivity contribution is 0.592. The Morgan fingerprint density at radius 2 is 0.859 bits per heavy atom. The van der Waals surface area contributed by atoms with Gasteiger partial charge in [-0.25, -0.2) is 4.98 Å². The quantitative estimate of drug-likeness (QED) is 0.0912. The van der Waals surface area contributed by atoms with Crippen molar-refractivity contribution in [2.45, 2.75) is 0 Å². The molecule has 0 atom stereocenters. The van der Waals surface area contributed by atoms with Crippen molar-refractivity contribution in [3.63, 3.8) is 0 Å². The zero-order chi connectivity index (χ0) is 42.6. The Morgan fingerprint density at radius 1 is 0.344 bits per heavy atom. The van der Waals surface area contributed by atoms with E-state index >= 15 is 4.57 Å². The van der Waals surface area contributed by atoms with Crippen LogP contribution in [0, 0.1) is 0 Å². The molecule has 2 heterocycles. The summed E-state index contributed by atoms with van der Waals surface area (Å²) in [5.74, 6) is 0. The summed E-state index contributed by atoms with van der Waals surface area (Å²) >= 11 is 0. The average Bonchev–Trinajstić information content (AvgIpc) is 3.38. The fourth-order valence-electron chi connectivity index (χ4n) is 9.78. The fraction of sp³-hybridized carbons (Fsp3) is 0. The van der Waals surface area contributed by atoms with Crippen molar-refractivity contribution in [1.82, 2.24) is 9.97 Å². The molecule has 0 radical (unpaired) electrons. The number of benzene rings is 10. The van der Waals surface area contributed by atoms with E-state index in [0.29, 0.717) is 0 Å². The van der Waals surface area contributed by atoms with E-state index in [1.165, 1.54) is 21.9 Å². The molecule has 4 heteroatoms. The first kappa shape index (κ1) is 37.8. The standard InChI is InChI=1S/C60H39N2OP/c63-64(46-21-9-3-10-22-46,47-23-11-4-12-24-47)56-36-34-48(49-25-13-14-26-50(49)56)44-29-32-51-53(38-44)57(40-16-5-1-6-17-40)52-33-30-45(39-54(52)58(51)41-18-7-2-8-19-41)55-35-31-43-28-27-42-20-15-37-61-59(42)60(43)62-55/h1-39H. The minimum atomic E-state index is -3.25. The maximum absolute atomic E-state index is 15.8. The monoisotopic (exact) mass is 834 g/mol. The Labute approximate surface area is 371 Å². The van der Waals surface area contributed by atoms with Gasteiger partial charge in [0.15, 0.2) is 7.14 Å². The maximum Gasteiger partial charge on any atom is 0.171 e. The lowest BCUT2D eigenvalue weighted by Crippen LogP contribution is -2.25. The first-order valence-electron chi connectivity index (χ1n) is 21.7. The third-order valence-electron chi connectivity index (χ3n) is 12.8. The molecule has 12 rings (SSSR count). The summed E-state index contributed by atoms with van der Waals surface area (Å²) < 4.78 is 15.8. The Morgan fingerprint density at radius 3 is 1.48 bits per heavy atom. The molecule has 0 spiro atoms. The van der Waals surface area contributed by atoms with Crippen molar-refractivity contribution in [3.8, 4) is 44.6 Å². The van der Waals surface area contributed by atoms with Gasteiger partial charge in [-0.2, -0.15) is 0 Å². The Balaban J connectivity index is 1.11. The highest BCUT2D eigenvalue weighted by Crippen LogP contribution is 2.48. The highest BCUT2D eigenvalue weighted by atomic mass is 31.2. The van der Waals surface area contributed by atoms with E-state index in [2.05, 4.69) is 164 Å². The molecule has 0 bridgehead atoms. The lowest BCUT2D eigenvalue weighted by atomic mass is 9.84. The van der Waals surface area contributed by atoms with Crippen molar-refractivity contribution < 1.29 is 4.57 Å². The van der Waals surface area contributed by atoms with Crippen LogP contribution in [0.3, 0.4) is 0 Å². The predicted octanol–water partition coefficient (Wildman–Crippen LogP) is 14.5. The summed E-state index contributed by atoms with van der Waals surface area (Å²) in [5, 5.41) is 11.3. The highest BCUT2D eigenvalue weighted by Gasteiger charge is 2.32. The molecule has 0 aliphatic heterocycles. The largest absolute Gasteiger partial charge is 0.309 e. The minimum absolute atomic E-state index is 0.822. The van der Waals surface area contributed by atoms with E-state index in [1.54, 1.807) is 0 Å². The average molecular weight is 835 g/mol. The van der Waals surface area contributed by atoms with Crippen molar-refractivity contribution in [2.24, 2.45) is 0 Å². The van der Waals surface area contributed by atoms with E-state index in [9.17, 15) is 0 Å². The number of hydrogen-bond acceptors (Lipinski definition) is 3. The third kappa shape index (κ3) is 6.16. The number of fused-ring (bicyclic) bond motifs is 6. The van der Waals surface area contributed by atoms with Crippen LogP contribution in [0.15, 0.2) is 237 Å². The second kappa shape index (κ2) is 15.4. The smallest absolute Gasteiger partial charge is 0.171 e. The van der Waals surface area contributed by atoms with Crippen LogP contribution in [-0.2, 0) is 4.57 Å². The minimum Gasteiger partial charge on any atom is -0.309 e. The number of aromatic nitrogens is 2. The molecule has 0 unspecified atom stereocenters. The third-order valence-corrected chi connectivity index (χ3v) is 15.9. The van der Waals surface area contributed by atoms with E-state index in [1.807, 2.05) is 72.9 Å². The molecule has 0 aliphatic rings. The van der Waals surface area contributed by atoms with Gasteiger partial charge in [0.1, 0.15) is 0 Å². The molecule has 64 heavy (non-hydrogen) atoms. The number of hydrogen-bond donors (Lipinski definition) is 0. The van der Waals surface area contributed by atoms with Crippen LogP contribution in [0.4, 0.5) is 0 Å². The molecule has 0 fully saturated rings. The van der Waals surface area contributed by atoms with Gasteiger partial charge >= 0.3 is 0 Å². The van der Waals surface area contributed by atoms with Crippen LogP contribution < -0.4 is 15.9 Å². The zero-order valence-electron chi connectivity index (χ0n) is 34.8. The van der Waals surface area contributed by atoms with Gasteiger partial charge in [0.2, 0.25) is 0 Å². The molecule has 2 aromatic heterocycles. The van der Waals surface area contributed by atoms with Gasteiger partial charge in [0.25, 0.3) is 0 Å². The number of rotatable bonds is 7. The molecule has 10 aromatic carbocycles. The van der Waals surface area contributed by atoms with Crippen molar-refractivity contribution in [3.05, 3.63) is 237 Å². The summed E-state index contributed by atoms with van der Waals surface area (Å²) in [5.41, 5.74) is 10.6. The van der Waals surface area contributed by atoms with Gasteiger partial charge in [-0.15, -0.1) is 0 Å². The van der Waals surface area contributed by atoms with Gasteiger partial charge in [-0.1, -0.05) is 200 Å². The SMILES string of the molecule is O=P(c1ccccc1)(c1ccccc1)c1ccc(-c2ccc3c(-c4ccccc4)c4cc(-c5ccc6ccc7cccnc7c6n5)ccc4c(-c4ccccc4)c3c2)c2ccccc12. The van der Waals surface area contributed by atoms with Gasteiger partial charge in [0.05, 0.1) is 16.7 Å². The van der Waals surface area contributed by atoms with E-state index in [0.717, 1.165) is 92.8 Å². The fourth-order valence-corrected chi connectivity index (χ4v) is 12.6. The van der Waals surface area contributed by atoms with Crippen LogP contribution in [0.25, 0.3) is 98.8 Å². The molecular formula is C60H39N2OP. The van der Waals surface area contributed by atoms with Crippen LogP contribution in [0.5, 0.6) is 0 Å². The summed E-state index contributed by atoms with van der Waals surface area (Å²) in [6.45, 7) is 0. The second-order valence-corrected chi connectivity index (χ2v) is 19.1. The molecular weight excluding hydrogens is 796 g/mol. The van der Waals surface area contributed by atoms with Crippen LogP contribution in [-0.4, -0.2) is 9.97 Å². The Hall–Kier alpha value is -7.97. The van der Waals surface area contributed by atoms with Crippen LogP contribution in [0.1, 0.15) is 0 Å². The van der Waals surface area contributed by atoms with Crippen molar-refractivity contribution in [2.75, 3.05) is 0 Å². The first-order valence-corrected chi connectivity index (χ1v) is 23.4. The highest BCUT2D eigenvalue weighted by molar-refractivity contribution is 7.85. The molecule has 0 amide bonds. The summed E-state index contributed by atoms with van der Waals surface area (Å²) in [6.07, 6.45) is 1.84. The van der Waals surface area contributed by atoms with Crippen molar-refractivity contribution in [1.29, 1.82) is 0 Å². The van der Waals surface area contributed by atoms with Gasteiger partial charge in [-0.05, 0) is 96.0 Å². The first-order chi connectivity index (χ1) is 31.6. The maximum atomic E-state index is 15.8. The predicted molar refractivity (Wildman–Crippen MR) is 271 cm³/mol. The normalized spacial score (nSPS) is 11.8. The Kier molecular flexibility index (Phi) is 9.11. The van der Waals surface area contributed by atoms with Gasteiger partial charge < -0.3 is 4.57 Å². The van der Waals surface area contributed by atoms with E-state index in [4.69, 9.17) is 9.97 Å². The molecule has 300 valence electrons. The molecule has 0 N–H and O–H groups in total. The molecule has 0 saturated heterocycles. The van der Waals surface area contributed by atoms with Crippen LogP contribution in [0.2, 0.25) is 0 Å². The summed E-state index contributed by atoms with van der Waals surface area (Å²) in [7, 11) is -3.25. The molecule has 0 aliphatic carbocycles. The number of nitrogens with zero attached hydrogens (tertiary/aromatic N) is 2. The number of pyridine rings is 2. The summed E-state index contributed by atoms with van der Waals surface area (Å²) in [4.78, 5) is 10.0. The van der Waals surface area contributed by atoms with Gasteiger partial charge in [0, 0.05) is 38.4 Å². The zero-order valence-corrected chi connectivity index (χ0v) is 35.7. The van der Waals surface area contributed by atoms with Crippen molar-refractivity contribution >= 4 is 77.2 Å². The lowest BCUT2D eigenvalue weighted by Gasteiger charge is -2.23. The topological polar surface area (TPSA) is 42.9 Å². The molecule has 0 saturated carbocycles. The van der Waals surface area contributed by atoms with E-state index in [-0.39, 0.29) is 0 Å².